The van der Waals surface area contributed by atoms with Gasteiger partial charge in [-0.3, -0.25) is 4.79 Å². The Morgan fingerprint density at radius 1 is 1.33 bits per heavy atom. The summed E-state index contributed by atoms with van der Waals surface area (Å²) in [6.45, 7) is 0.640. The largest absolute Gasteiger partial charge is 0.330 e. The van der Waals surface area contributed by atoms with Gasteiger partial charge >= 0.3 is 0 Å². The molecule has 3 heteroatoms. The normalized spacial score (nSPS) is 21.0. The maximum absolute atomic E-state index is 11.7. The summed E-state index contributed by atoms with van der Waals surface area (Å²) in [5, 5.41) is 0. The molecule has 2 rings (SSSR count). The summed E-state index contributed by atoms with van der Waals surface area (Å²) in [5.41, 5.74) is 6.55. The summed E-state index contributed by atoms with van der Waals surface area (Å²) in [6.07, 6.45) is 2.48. The highest BCUT2D eigenvalue weighted by Crippen LogP contribution is 2.27. The Hall–Kier alpha value is -1.35. The zero-order valence-electron chi connectivity index (χ0n) is 8.73. The molecule has 1 amide bonds. The van der Waals surface area contributed by atoms with E-state index in [9.17, 15) is 4.79 Å². The number of hydrogen-bond acceptors (Lipinski definition) is 2. The van der Waals surface area contributed by atoms with E-state index in [1.807, 2.05) is 35.2 Å². The van der Waals surface area contributed by atoms with E-state index in [-0.39, 0.29) is 5.91 Å². The van der Waals surface area contributed by atoms with Crippen molar-refractivity contribution in [3.05, 3.63) is 30.3 Å². The predicted octanol–water partition coefficient (Wildman–Crippen LogP) is 1.53. The second-order valence-electron chi connectivity index (χ2n) is 3.87. The topological polar surface area (TPSA) is 46.3 Å². The van der Waals surface area contributed by atoms with Crippen LogP contribution in [0.2, 0.25) is 0 Å². The first-order valence-corrected chi connectivity index (χ1v) is 5.40. The van der Waals surface area contributed by atoms with Crippen molar-refractivity contribution in [1.29, 1.82) is 0 Å². The smallest absolute Gasteiger partial charge is 0.227 e. The average Bonchev–Trinajstić information content (AvgIpc) is 2.62. The molecule has 15 heavy (non-hydrogen) atoms. The van der Waals surface area contributed by atoms with E-state index < -0.39 is 0 Å². The molecule has 0 aromatic heterocycles. The Labute approximate surface area is 89.9 Å². The molecule has 0 aliphatic carbocycles. The van der Waals surface area contributed by atoms with Crippen LogP contribution >= 0.6 is 0 Å². The van der Waals surface area contributed by atoms with Crippen LogP contribution in [0.1, 0.15) is 19.3 Å². The lowest BCUT2D eigenvalue weighted by molar-refractivity contribution is -0.117. The van der Waals surface area contributed by atoms with Crippen LogP contribution in [-0.4, -0.2) is 18.5 Å². The minimum absolute atomic E-state index is 0.222. The molecular formula is C12H16N2O. The molecule has 0 radical (unpaired) electrons. The number of nitrogens with zero attached hydrogens (tertiary/aromatic N) is 1. The van der Waals surface area contributed by atoms with Crippen molar-refractivity contribution in [2.75, 3.05) is 11.4 Å². The van der Waals surface area contributed by atoms with Crippen LogP contribution in [0.15, 0.2) is 30.3 Å². The van der Waals surface area contributed by atoms with Crippen LogP contribution in [0.25, 0.3) is 0 Å². The third-order valence-corrected chi connectivity index (χ3v) is 2.86. The maximum atomic E-state index is 11.7. The molecular weight excluding hydrogens is 188 g/mol. The number of amides is 1. The Morgan fingerprint density at radius 2 is 2.07 bits per heavy atom. The molecule has 2 N–H and O–H groups in total. The number of carbonyl (C=O) groups excluding carboxylic acids is 1. The summed E-state index contributed by atoms with van der Waals surface area (Å²) >= 11 is 0. The fourth-order valence-electron chi connectivity index (χ4n) is 2.15. The lowest BCUT2D eigenvalue weighted by atomic mass is 10.1. The van der Waals surface area contributed by atoms with Gasteiger partial charge in [0.25, 0.3) is 0 Å². The molecule has 1 unspecified atom stereocenters. The first-order chi connectivity index (χ1) is 7.33. The molecule has 1 heterocycles. The lowest BCUT2D eigenvalue weighted by Crippen LogP contribution is -2.34. The first-order valence-electron chi connectivity index (χ1n) is 5.40. The molecule has 0 bridgehead atoms. The van der Waals surface area contributed by atoms with Gasteiger partial charge in [-0.05, 0) is 31.5 Å². The van der Waals surface area contributed by atoms with Crippen LogP contribution in [0.5, 0.6) is 0 Å². The molecule has 1 atom stereocenters. The highest BCUT2D eigenvalue weighted by molar-refractivity contribution is 5.96. The number of para-hydroxylation sites is 1. The Balaban J connectivity index is 2.21. The maximum Gasteiger partial charge on any atom is 0.227 e. The van der Waals surface area contributed by atoms with Crippen LogP contribution < -0.4 is 10.6 Å². The van der Waals surface area contributed by atoms with Crippen molar-refractivity contribution in [2.45, 2.75) is 25.3 Å². The van der Waals surface area contributed by atoms with Crippen molar-refractivity contribution >= 4 is 11.6 Å². The van der Waals surface area contributed by atoms with Gasteiger partial charge in [0.05, 0.1) is 0 Å². The zero-order valence-corrected chi connectivity index (χ0v) is 8.73. The van der Waals surface area contributed by atoms with Crippen LogP contribution in [0, 0.1) is 0 Å². The van der Waals surface area contributed by atoms with Crippen molar-refractivity contribution in [1.82, 2.24) is 0 Å². The third kappa shape index (κ3) is 2.02. The van der Waals surface area contributed by atoms with E-state index in [0.29, 0.717) is 19.0 Å². The lowest BCUT2D eigenvalue weighted by Gasteiger charge is -2.24. The van der Waals surface area contributed by atoms with Crippen molar-refractivity contribution in [3.63, 3.8) is 0 Å². The molecule has 0 saturated carbocycles. The second-order valence-corrected chi connectivity index (χ2v) is 3.87. The predicted molar refractivity (Wildman–Crippen MR) is 60.6 cm³/mol. The molecule has 1 fully saturated rings. The zero-order chi connectivity index (χ0) is 10.7. The minimum Gasteiger partial charge on any atom is -0.330 e. The van der Waals surface area contributed by atoms with Gasteiger partial charge in [0.1, 0.15) is 0 Å². The Morgan fingerprint density at radius 3 is 2.73 bits per heavy atom. The summed E-state index contributed by atoms with van der Waals surface area (Å²) in [5.74, 6) is 0.222. The van der Waals surface area contributed by atoms with Gasteiger partial charge in [0.15, 0.2) is 0 Å². The van der Waals surface area contributed by atoms with E-state index in [2.05, 4.69) is 0 Å². The number of rotatable bonds is 3. The molecule has 1 aromatic carbocycles. The van der Waals surface area contributed by atoms with Gasteiger partial charge in [-0.2, -0.15) is 0 Å². The van der Waals surface area contributed by atoms with Gasteiger partial charge < -0.3 is 10.6 Å². The minimum atomic E-state index is 0.222. The summed E-state index contributed by atoms with van der Waals surface area (Å²) in [4.78, 5) is 13.6. The van der Waals surface area contributed by atoms with E-state index in [0.717, 1.165) is 18.5 Å². The molecule has 0 spiro atoms. The summed E-state index contributed by atoms with van der Waals surface area (Å²) in [7, 11) is 0. The average molecular weight is 204 g/mol. The van der Waals surface area contributed by atoms with Gasteiger partial charge in [-0.1, -0.05) is 18.2 Å². The molecule has 80 valence electrons. The molecule has 1 aliphatic heterocycles. The fraction of sp³-hybridized carbons (Fsp3) is 0.417. The van der Waals surface area contributed by atoms with Gasteiger partial charge in [0.2, 0.25) is 5.91 Å². The SMILES string of the molecule is NCCC1CCC(=O)N1c1ccccc1. The quantitative estimate of drug-likeness (QED) is 0.811. The van der Waals surface area contributed by atoms with Crippen LogP contribution in [0.4, 0.5) is 5.69 Å². The number of nitrogens with two attached hydrogens (primary N) is 1. The van der Waals surface area contributed by atoms with E-state index in [4.69, 9.17) is 5.73 Å². The van der Waals surface area contributed by atoms with Crippen LogP contribution in [0.3, 0.4) is 0 Å². The van der Waals surface area contributed by atoms with Crippen molar-refractivity contribution < 1.29 is 4.79 Å². The summed E-state index contributed by atoms with van der Waals surface area (Å²) in [6, 6.07) is 10.1. The molecule has 3 nitrogen and oxygen atoms in total. The molecule has 1 aliphatic rings. The highest BCUT2D eigenvalue weighted by atomic mass is 16.2. The first kappa shape index (κ1) is 10.2. The van der Waals surface area contributed by atoms with E-state index in [1.165, 1.54) is 0 Å². The third-order valence-electron chi connectivity index (χ3n) is 2.86. The van der Waals surface area contributed by atoms with Gasteiger partial charge in [-0.15, -0.1) is 0 Å². The van der Waals surface area contributed by atoms with Gasteiger partial charge in [0, 0.05) is 18.2 Å². The molecule has 1 aromatic rings. The fourth-order valence-corrected chi connectivity index (χ4v) is 2.15. The van der Waals surface area contributed by atoms with Crippen molar-refractivity contribution in [2.24, 2.45) is 5.73 Å². The second kappa shape index (κ2) is 4.45. The highest BCUT2D eigenvalue weighted by Gasteiger charge is 2.30. The Bertz CT molecular complexity index is 337. The number of anilines is 1. The number of carbonyl (C=O) groups is 1. The van der Waals surface area contributed by atoms with Crippen molar-refractivity contribution in [3.8, 4) is 0 Å². The Kier molecular flexibility index (Phi) is 3.02. The summed E-state index contributed by atoms with van der Waals surface area (Å²) < 4.78 is 0. The molecule has 1 saturated heterocycles. The standard InChI is InChI=1S/C12H16N2O/c13-9-8-11-6-7-12(15)14(11)10-4-2-1-3-5-10/h1-5,11H,6-9,13H2. The van der Waals surface area contributed by atoms with Gasteiger partial charge in [-0.25, -0.2) is 0 Å². The van der Waals surface area contributed by atoms with E-state index >= 15 is 0 Å². The monoisotopic (exact) mass is 204 g/mol. The number of hydrogen-bond donors (Lipinski definition) is 1. The van der Waals surface area contributed by atoms with Crippen LogP contribution in [-0.2, 0) is 4.79 Å². The van der Waals surface area contributed by atoms with E-state index in [1.54, 1.807) is 0 Å². The number of benzene rings is 1.